The van der Waals surface area contributed by atoms with Gasteiger partial charge >= 0.3 is 0 Å². The molecule has 1 heterocycles. The minimum absolute atomic E-state index is 0. The first-order valence-corrected chi connectivity index (χ1v) is 17.9. The van der Waals surface area contributed by atoms with E-state index in [1.165, 1.54) is 36.8 Å². The molecule has 5 nitrogen and oxygen atoms in total. The lowest BCUT2D eigenvalue weighted by molar-refractivity contribution is 0.0315. The van der Waals surface area contributed by atoms with Crippen molar-refractivity contribution in [3.8, 4) is 5.75 Å². The maximum Gasteiger partial charge on any atom is 0.240 e. The second-order valence-corrected chi connectivity index (χ2v) is 14.8. The zero-order valence-corrected chi connectivity index (χ0v) is 29.9. The Labute approximate surface area is 294 Å². The van der Waals surface area contributed by atoms with Crippen molar-refractivity contribution in [2.24, 2.45) is 0 Å². The molecule has 0 amide bonds. The van der Waals surface area contributed by atoms with E-state index in [0.717, 1.165) is 61.2 Å². The largest absolute Gasteiger partial charge is 0.497 e. The Morgan fingerprint density at radius 3 is 2.19 bits per heavy atom. The topological polar surface area (TPSA) is 58.6 Å². The second kappa shape index (κ2) is 16.0. The summed E-state index contributed by atoms with van der Waals surface area (Å²) in [7, 11) is -1.96. The smallest absolute Gasteiger partial charge is 0.240 e. The number of aryl methyl sites for hydroxylation is 2. The van der Waals surface area contributed by atoms with Gasteiger partial charge in [-0.1, -0.05) is 85.3 Å². The molecule has 0 aromatic heterocycles. The van der Waals surface area contributed by atoms with Gasteiger partial charge < -0.3 is 4.74 Å². The van der Waals surface area contributed by atoms with Gasteiger partial charge in [0.25, 0.3) is 0 Å². The lowest BCUT2D eigenvalue weighted by Crippen LogP contribution is -2.55. The minimum atomic E-state index is -3.70. The first-order valence-electron chi connectivity index (χ1n) is 16.4. The van der Waals surface area contributed by atoms with Crippen molar-refractivity contribution in [2.45, 2.75) is 74.1 Å². The van der Waals surface area contributed by atoms with Crippen molar-refractivity contribution >= 4 is 34.8 Å². The van der Waals surface area contributed by atoms with Crippen molar-refractivity contribution in [1.82, 2.24) is 9.62 Å². The third kappa shape index (κ3) is 8.06. The number of ether oxygens (including phenoxy) is 1. The third-order valence-corrected chi connectivity index (χ3v) is 11.7. The van der Waals surface area contributed by atoms with Gasteiger partial charge in [-0.15, -0.1) is 24.8 Å². The Balaban J connectivity index is 0.00000250. The molecule has 1 saturated heterocycles. The molecule has 0 radical (unpaired) electrons. The highest BCUT2D eigenvalue weighted by Crippen LogP contribution is 2.42. The first kappa shape index (κ1) is 37.0. The molecule has 4 aromatic carbocycles. The van der Waals surface area contributed by atoms with Crippen LogP contribution in [0.1, 0.15) is 66.3 Å². The van der Waals surface area contributed by atoms with E-state index in [-0.39, 0.29) is 36.9 Å². The van der Waals surface area contributed by atoms with Gasteiger partial charge in [-0.25, -0.2) is 13.1 Å². The molecular formula is C39H48Cl2N2O3S. The van der Waals surface area contributed by atoms with E-state index in [1.54, 1.807) is 25.3 Å². The van der Waals surface area contributed by atoms with Crippen LogP contribution in [-0.4, -0.2) is 45.6 Å². The molecule has 1 spiro atoms. The van der Waals surface area contributed by atoms with Crippen LogP contribution < -0.4 is 9.46 Å². The summed E-state index contributed by atoms with van der Waals surface area (Å²) >= 11 is 0. The van der Waals surface area contributed by atoms with Crippen LogP contribution in [0.4, 0.5) is 0 Å². The Morgan fingerprint density at radius 2 is 1.53 bits per heavy atom. The van der Waals surface area contributed by atoms with Gasteiger partial charge in [-0.2, -0.15) is 0 Å². The van der Waals surface area contributed by atoms with E-state index in [0.29, 0.717) is 4.90 Å². The normalized spacial score (nSPS) is 18.1. The fourth-order valence-corrected chi connectivity index (χ4v) is 9.05. The standard InChI is InChI=1S/C39H46N2O3S.2ClH/c1-31-13-11-18-37(27-31)45(42,43)40-30-39(34-14-5-3-6-15-34,35-16-7-4-8-17-35)23-12-26-41-25-10-9-22-38(41)24-21-32-28-36(44-2)20-19-33(32)29-38;;/h3-8,11,13-20,27-28,40H,9-10,12,21-26,29-30H2,1-2H3;2*1H. The summed E-state index contributed by atoms with van der Waals surface area (Å²) in [4.78, 5) is 3.09. The van der Waals surface area contributed by atoms with Crippen LogP contribution in [0.25, 0.3) is 0 Å². The van der Waals surface area contributed by atoms with Crippen molar-refractivity contribution in [1.29, 1.82) is 0 Å². The molecule has 1 atom stereocenters. The molecule has 0 bridgehead atoms. The SMILES string of the molecule is COc1ccc2c(c1)CCC1(CCCCN1CCCC(CNS(=O)(=O)c1cccc(C)c1)(c1ccccc1)c1ccccc1)C2.Cl.Cl. The molecule has 4 aromatic rings. The Bertz CT molecular complexity index is 1660. The van der Waals surface area contributed by atoms with Crippen LogP contribution in [0.5, 0.6) is 5.75 Å². The summed E-state index contributed by atoms with van der Waals surface area (Å²) in [6.45, 7) is 4.33. The molecule has 47 heavy (non-hydrogen) atoms. The summed E-state index contributed by atoms with van der Waals surface area (Å²) in [6, 6.07) is 34.7. The summed E-state index contributed by atoms with van der Waals surface area (Å²) in [5.74, 6) is 0.946. The number of rotatable bonds is 11. The molecule has 2 aliphatic rings. The second-order valence-electron chi connectivity index (χ2n) is 13.0. The maximum absolute atomic E-state index is 13.6. The first-order chi connectivity index (χ1) is 21.8. The van der Waals surface area contributed by atoms with E-state index in [1.807, 2.05) is 25.1 Å². The molecule has 1 unspecified atom stereocenters. The highest BCUT2D eigenvalue weighted by molar-refractivity contribution is 7.89. The molecule has 1 N–H and O–H groups in total. The van der Waals surface area contributed by atoms with Crippen LogP contribution in [0.2, 0.25) is 0 Å². The van der Waals surface area contributed by atoms with Crippen LogP contribution in [0.3, 0.4) is 0 Å². The van der Waals surface area contributed by atoms with Gasteiger partial charge in [-0.05, 0) is 117 Å². The predicted molar refractivity (Wildman–Crippen MR) is 197 cm³/mol. The number of halogens is 2. The van der Waals surface area contributed by atoms with Gasteiger partial charge in [0.1, 0.15) is 5.75 Å². The van der Waals surface area contributed by atoms with Gasteiger partial charge in [0, 0.05) is 17.5 Å². The number of piperidine rings is 1. The number of nitrogens with zero attached hydrogens (tertiary/aromatic N) is 1. The third-order valence-electron chi connectivity index (χ3n) is 10.3. The zero-order chi connectivity index (χ0) is 31.3. The van der Waals surface area contributed by atoms with Crippen LogP contribution in [0, 0.1) is 6.92 Å². The van der Waals surface area contributed by atoms with E-state index >= 15 is 0 Å². The van der Waals surface area contributed by atoms with Gasteiger partial charge in [0.15, 0.2) is 0 Å². The van der Waals surface area contributed by atoms with E-state index in [9.17, 15) is 8.42 Å². The lowest BCUT2D eigenvalue weighted by atomic mass is 9.70. The van der Waals surface area contributed by atoms with Crippen LogP contribution in [-0.2, 0) is 28.3 Å². The highest BCUT2D eigenvalue weighted by Gasteiger charge is 2.42. The summed E-state index contributed by atoms with van der Waals surface area (Å²) in [5.41, 5.74) is 5.76. The summed E-state index contributed by atoms with van der Waals surface area (Å²) < 4.78 is 35.8. The number of sulfonamides is 1. The minimum Gasteiger partial charge on any atom is -0.497 e. The molecule has 6 rings (SSSR count). The Kier molecular flexibility index (Phi) is 12.6. The molecule has 252 valence electrons. The Hall–Kier alpha value is -2.87. The number of methoxy groups -OCH3 is 1. The van der Waals surface area contributed by atoms with Crippen molar-refractivity contribution < 1.29 is 13.2 Å². The number of likely N-dealkylation sites (tertiary alicyclic amines) is 1. The fraction of sp³-hybridized carbons (Fsp3) is 0.385. The molecule has 1 fully saturated rings. The average molecular weight is 696 g/mol. The molecule has 1 aliphatic carbocycles. The number of hydrogen-bond donors (Lipinski definition) is 1. The van der Waals surface area contributed by atoms with Gasteiger partial charge in [-0.3, -0.25) is 4.90 Å². The monoisotopic (exact) mass is 694 g/mol. The molecular weight excluding hydrogens is 647 g/mol. The summed E-state index contributed by atoms with van der Waals surface area (Å²) in [6.07, 6.45) is 8.89. The fourth-order valence-electron chi connectivity index (χ4n) is 7.85. The number of nitrogens with one attached hydrogen (secondary N) is 1. The highest BCUT2D eigenvalue weighted by atomic mass is 35.5. The van der Waals surface area contributed by atoms with Gasteiger partial charge in [0.05, 0.1) is 12.0 Å². The van der Waals surface area contributed by atoms with Crippen molar-refractivity contribution in [3.63, 3.8) is 0 Å². The summed E-state index contributed by atoms with van der Waals surface area (Å²) in [5, 5.41) is 0. The van der Waals surface area contributed by atoms with Gasteiger partial charge in [0.2, 0.25) is 10.0 Å². The van der Waals surface area contributed by atoms with E-state index < -0.39 is 15.4 Å². The van der Waals surface area contributed by atoms with Crippen molar-refractivity contribution in [2.75, 3.05) is 26.7 Å². The molecule has 8 heteroatoms. The van der Waals surface area contributed by atoms with Crippen LogP contribution in [0.15, 0.2) is 108 Å². The Morgan fingerprint density at radius 1 is 0.830 bits per heavy atom. The molecule has 1 aliphatic heterocycles. The number of fused-ring (bicyclic) bond motifs is 1. The number of benzene rings is 4. The van der Waals surface area contributed by atoms with E-state index in [2.05, 4.69) is 76.4 Å². The maximum atomic E-state index is 13.6. The van der Waals surface area contributed by atoms with Crippen LogP contribution >= 0.6 is 24.8 Å². The van der Waals surface area contributed by atoms with E-state index in [4.69, 9.17) is 4.74 Å². The average Bonchev–Trinajstić information content (AvgIpc) is 3.08. The zero-order valence-electron chi connectivity index (χ0n) is 27.5. The number of hydrogen-bond acceptors (Lipinski definition) is 4. The molecule has 0 saturated carbocycles. The predicted octanol–water partition coefficient (Wildman–Crippen LogP) is 8.31. The quantitative estimate of drug-likeness (QED) is 0.172. The lowest BCUT2D eigenvalue weighted by Gasteiger charge is -2.50. The van der Waals surface area contributed by atoms with Crippen molar-refractivity contribution in [3.05, 3.63) is 131 Å².